The minimum atomic E-state index is -4.88. The van der Waals surface area contributed by atoms with Crippen LogP contribution in [-0.4, -0.2) is 47.5 Å². The summed E-state index contributed by atoms with van der Waals surface area (Å²) in [5, 5.41) is 14.0. The van der Waals surface area contributed by atoms with Crippen LogP contribution in [0.1, 0.15) is 54.2 Å². The molecular formula is C30H29F4N3O5. The van der Waals surface area contributed by atoms with Gasteiger partial charge in [-0.1, -0.05) is 0 Å². The maximum Gasteiger partial charge on any atom is 0.414 e. The van der Waals surface area contributed by atoms with E-state index in [1.54, 1.807) is 18.2 Å². The quantitative estimate of drug-likeness (QED) is 0.311. The molecule has 0 radical (unpaired) electrons. The summed E-state index contributed by atoms with van der Waals surface area (Å²) >= 11 is 0. The largest absolute Gasteiger partial charge is 0.488 e. The zero-order chi connectivity index (χ0) is 29.9. The van der Waals surface area contributed by atoms with Crippen LogP contribution in [0.2, 0.25) is 0 Å². The highest BCUT2D eigenvalue weighted by atomic mass is 19.4. The Hall–Kier alpha value is -3.90. The van der Waals surface area contributed by atoms with Gasteiger partial charge in [0.15, 0.2) is 22.8 Å². The van der Waals surface area contributed by atoms with Crippen molar-refractivity contribution in [1.82, 2.24) is 10.3 Å². The van der Waals surface area contributed by atoms with Gasteiger partial charge in [-0.05, 0) is 81.1 Å². The van der Waals surface area contributed by atoms with E-state index in [-0.39, 0.29) is 40.5 Å². The molecule has 3 aliphatic rings. The normalized spacial score (nSPS) is 21.2. The number of rotatable bonds is 9. The van der Waals surface area contributed by atoms with E-state index in [4.69, 9.17) is 19.9 Å². The van der Waals surface area contributed by atoms with E-state index in [0.29, 0.717) is 11.5 Å². The summed E-state index contributed by atoms with van der Waals surface area (Å²) in [5.41, 5.74) is 0.891. The smallest absolute Gasteiger partial charge is 0.414 e. The van der Waals surface area contributed by atoms with Crippen molar-refractivity contribution in [3.8, 4) is 28.5 Å². The minimum absolute atomic E-state index is 0.0428. The molecular weight excluding hydrogens is 558 g/mol. The zero-order valence-electron chi connectivity index (χ0n) is 22.6. The van der Waals surface area contributed by atoms with Crippen LogP contribution in [0.25, 0.3) is 11.3 Å². The lowest BCUT2D eigenvalue weighted by atomic mass is 9.88. The lowest BCUT2D eigenvalue weighted by Gasteiger charge is -2.28. The molecule has 12 heteroatoms. The van der Waals surface area contributed by atoms with Gasteiger partial charge >= 0.3 is 6.18 Å². The van der Waals surface area contributed by atoms with E-state index in [0.717, 1.165) is 43.9 Å². The third-order valence-electron chi connectivity index (χ3n) is 7.51. The van der Waals surface area contributed by atoms with Gasteiger partial charge in [0.25, 0.3) is 5.91 Å². The molecule has 1 aromatic heterocycles. The molecule has 2 atom stereocenters. The summed E-state index contributed by atoms with van der Waals surface area (Å²) < 4.78 is 73.1. The molecule has 0 bridgehead atoms. The lowest BCUT2D eigenvalue weighted by Crippen LogP contribution is -2.52. The van der Waals surface area contributed by atoms with Crippen LogP contribution in [0.15, 0.2) is 48.5 Å². The van der Waals surface area contributed by atoms with Crippen molar-refractivity contribution in [2.75, 3.05) is 13.2 Å². The second-order valence-electron chi connectivity index (χ2n) is 11.2. The molecule has 2 fully saturated rings. The summed E-state index contributed by atoms with van der Waals surface area (Å²) in [4.78, 5) is 17.5. The van der Waals surface area contributed by atoms with Crippen molar-refractivity contribution < 1.29 is 41.7 Å². The Bertz CT molecular complexity index is 1520. The first-order valence-corrected chi connectivity index (χ1v) is 13.6. The Morgan fingerprint density at radius 3 is 2.33 bits per heavy atom. The van der Waals surface area contributed by atoms with E-state index < -0.39 is 47.8 Å². The molecule has 0 saturated heterocycles. The summed E-state index contributed by atoms with van der Waals surface area (Å²) in [6, 6.07) is 10.8. The number of hydrogen-bond acceptors (Lipinski definition) is 7. The summed E-state index contributed by atoms with van der Waals surface area (Å²) in [7, 11) is 0. The summed E-state index contributed by atoms with van der Waals surface area (Å²) in [6.45, 7) is 0.0199. The minimum Gasteiger partial charge on any atom is -0.488 e. The van der Waals surface area contributed by atoms with Crippen LogP contribution >= 0.6 is 0 Å². The third-order valence-corrected chi connectivity index (χ3v) is 7.51. The highest BCUT2D eigenvalue weighted by Gasteiger charge is 2.59. The molecule has 2 saturated carbocycles. The first-order valence-electron chi connectivity index (χ1n) is 13.6. The first kappa shape index (κ1) is 28.2. The number of nitrogens with two attached hydrogens (primary N) is 1. The van der Waals surface area contributed by atoms with Gasteiger partial charge in [0.05, 0.1) is 24.4 Å². The van der Waals surface area contributed by atoms with Crippen LogP contribution in [-0.2, 0) is 11.1 Å². The van der Waals surface area contributed by atoms with Gasteiger partial charge < -0.3 is 30.4 Å². The monoisotopic (exact) mass is 587 g/mol. The van der Waals surface area contributed by atoms with Gasteiger partial charge in [-0.3, -0.25) is 4.79 Å². The number of nitrogens with one attached hydrogen (secondary N) is 1. The Morgan fingerprint density at radius 1 is 1.07 bits per heavy atom. The molecule has 42 heavy (non-hydrogen) atoms. The second-order valence-corrected chi connectivity index (χ2v) is 11.2. The molecule has 8 nitrogen and oxygen atoms in total. The fraction of sp³-hybridized carbons (Fsp3) is 0.400. The van der Waals surface area contributed by atoms with E-state index in [1.807, 2.05) is 0 Å². The molecule has 3 aromatic rings. The highest BCUT2D eigenvalue weighted by molar-refractivity contribution is 5.95. The van der Waals surface area contributed by atoms with Crippen LogP contribution in [0.3, 0.4) is 0 Å². The number of carbonyl (C=O) groups is 1. The number of carbonyl (C=O) groups excluding carboxylic acids is 1. The topological polar surface area (TPSA) is 116 Å². The molecule has 4 N–H and O–H groups in total. The second kappa shape index (κ2) is 10.1. The number of hydrogen-bond donors (Lipinski definition) is 3. The van der Waals surface area contributed by atoms with Crippen LogP contribution < -0.4 is 25.3 Å². The fourth-order valence-electron chi connectivity index (χ4n) is 4.60. The van der Waals surface area contributed by atoms with E-state index >= 15 is 0 Å². The van der Waals surface area contributed by atoms with E-state index in [1.165, 1.54) is 19.1 Å². The van der Waals surface area contributed by atoms with Gasteiger partial charge in [0.1, 0.15) is 23.7 Å². The molecule has 1 aliphatic heterocycles. The maximum atomic E-state index is 14.1. The van der Waals surface area contributed by atoms with Gasteiger partial charge in [-0.25, -0.2) is 9.37 Å². The van der Waals surface area contributed by atoms with Crippen molar-refractivity contribution in [1.29, 1.82) is 0 Å². The van der Waals surface area contributed by atoms with Crippen LogP contribution in [0.4, 0.5) is 17.6 Å². The van der Waals surface area contributed by atoms with Crippen molar-refractivity contribution in [2.45, 2.75) is 62.1 Å². The Morgan fingerprint density at radius 2 is 1.71 bits per heavy atom. The van der Waals surface area contributed by atoms with Crippen molar-refractivity contribution in [3.63, 3.8) is 0 Å². The molecule has 2 heterocycles. The number of benzene rings is 2. The van der Waals surface area contributed by atoms with Crippen molar-refractivity contribution >= 4 is 5.91 Å². The van der Waals surface area contributed by atoms with Gasteiger partial charge in [0, 0.05) is 16.7 Å². The molecule has 2 aromatic carbocycles. The number of nitrogens with zero attached hydrogens (tertiary/aromatic N) is 1. The van der Waals surface area contributed by atoms with Crippen LogP contribution in [0, 0.1) is 5.82 Å². The predicted octanol–water partition coefficient (Wildman–Crippen LogP) is 4.72. The van der Waals surface area contributed by atoms with Gasteiger partial charge in [-0.15, -0.1) is 0 Å². The molecule has 1 unspecified atom stereocenters. The highest BCUT2D eigenvalue weighted by Crippen LogP contribution is 2.49. The predicted molar refractivity (Wildman–Crippen MR) is 143 cm³/mol. The number of aromatic nitrogens is 1. The summed E-state index contributed by atoms with van der Waals surface area (Å²) in [6.07, 6.45) is -0.927. The zero-order valence-corrected chi connectivity index (χ0v) is 22.6. The first-order chi connectivity index (χ1) is 19.8. The number of pyridine rings is 1. The van der Waals surface area contributed by atoms with Crippen molar-refractivity contribution in [3.05, 3.63) is 71.2 Å². The number of alkyl halides is 3. The Kier molecular flexibility index (Phi) is 6.81. The van der Waals surface area contributed by atoms with E-state index in [9.17, 15) is 27.5 Å². The van der Waals surface area contributed by atoms with Gasteiger partial charge in [-0.2, -0.15) is 13.2 Å². The number of fused-ring (bicyclic) bond motifs is 1. The molecule has 0 spiro atoms. The lowest BCUT2D eigenvalue weighted by molar-refractivity contribution is -0.191. The average Bonchev–Trinajstić information content (AvgIpc) is 3.88. The maximum absolute atomic E-state index is 14.1. The number of halogens is 4. The summed E-state index contributed by atoms with van der Waals surface area (Å²) in [5.74, 6) is -0.286. The van der Waals surface area contributed by atoms with Gasteiger partial charge in [0.2, 0.25) is 0 Å². The third kappa shape index (κ3) is 5.48. The molecule has 2 aliphatic carbocycles. The molecule has 1 amide bonds. The molecule has 222 valence electrons. The van der Waals surface area contributed by atoms with Crippen LogP contribution in [0.5, 0.6) is 17.2 Å². The van der Waals surface area contributed by atoms with Crippen molar-refractivity contribution in [2.24, 2.45) is 5.73 Å². The Balaban J connectivity index is 1.28. The number of aliphatic hydroxyl groups is 1. The fourth-order valence-corrected chi connectivity index (χ4v) is 4.60. The standard InChI is InChI=1S/C30H29F4N3O5/c1-28(39,14-36-27(38)17-4-11-22(41-19-7-8-19)23(12-17)42-20-9-10-20)24-13-21-26(40-15-29(21,35)30(32,33)34)25(37-24)16-2-5-18(31)6-3-16/h2-6,11-13,19-20,39H,7-10,14-15,35H2,1H3,(H,36,38)/t28?,29-/m0/s1. The average molecular weight is 588 g/mol. The molecule has 6 rings (SSSR count). The number of ether oxygens (including phenoxy) is 3. The SMILES string of the molecule is CC(O)(CNC(=O)c1ccc(OC2CC2)c(OC2CC2)c1)c1cc2c(c(-c3ccc(F)cc3)n1)OC[C@@]2(N)C(F)(F)F. The number of amides is 1. The Labute approximate surface area is 238 Å². The van der Waals surface area contributed by atoms with E-state index in [2.05, 4.69) is 10.3 Å².